The quantitative estimate of drug-likeness (QED) is 0.0720. The fourth-order valence-electron chi connectivity index (χ4n) is 9.91. The third-order valence-corrected chi connectivity index (χ3v) is 17.5. The van der Waals surface area contributed by atoms with Gasteiger partial charge in [-0.05, 0) is 65.6 Å². The zero-order chi connectivity index (χ0) is 43.3. The molecule has 2 aliphatic rings. The Kier molecular flexibility index (Phi) is 10.5. The predicted molar refractivity (Wildman–Crippen MR) is 238 cm³/mol. The number of aromatic nitrogens is 5. The van der Waals surface area contributed by atoms with E-state index in [2.05, 4.69) is 47.6 Å². The lowest BCUT2D eigenvalue weighted by atomic mass is 9.82. The van der Waals surface area contributed by atoms with E-state index < -0.39 is 30.6 Å². The number of aromatic amines is 1. The molecule has 2 N–H and O–H groups in total. The summed E-state index contributed by atoms with van der Waals surface area (Å²) < 4.78 is 16.0. The van der Waals surface area contributed by atoms with E-state index in [0.29, 0.717) is 41.0 Å². The van der Waals surface area contributed by atoms with Crippen LogP contribution in [0.15, 0.2) is 132 Å². The predicted octanol–water partition coefficient (Wildman–Crippen LogP) is 6.80. The van der Waals surface area contributed by atoms with Gasteiger partial charge in [0.1, 0.15) is 5.75 Å². The molecule has 0 radical (unpaired) electrons. The smallest absolute Gasteiger partial charge is 0.279 e. The molecular formula is C47H47N7O7Si. The summed E-state index contributed by atoms with van der Waals surface area (Å²) in [4.78, 5) is 42.2. The molecule has 316 valence electrons. The van der Waals surface area contributed by atoms with Gasteiger partial charge in [0.25, 0.3) is 17.2 Å². The van der Waals surface area contributed by atoms with Gasteiger partial charge < -0.3 is 19.5 Å². The fraction of sp³-hybridized carbons (Fsp3) is 0.277. The Balaban J connectivity index is 1.07. The molecule has 5 atom stereocenters. The molecule has 9 rings (SSSR count). The highest BCUT2D eigenvalue weighted by molar-refractivity contribution is 6.91. The number of nitro groups is 1. The molecule has 0 aliphatic carbocycles. The number of H-pyrrole nitrogens is 1. The van der Waals surface area contributed by atoms with Crippen molar-refractivity contribution in [2.75, 3.05) is 18.6 Å². The maximum Gasteiger partial charge on any atom is 0.279 e. The summed E-state index contributed by atoms with van der Waals surface area (Å²) in [6.07, 6.45) is 1.88. The van der Waals surface area contributed by atoms with Crippen molar-refractivity contribution in [2.24, 2.45) is 5.92 Å². The first-order chi connectivity index (χ1) is 29.9. The third kappa shape index (κ3) is 6.82. The van der Waals surface area contributed by atoms with Crippen LogP contribution in [0.1, 0.15) is 41.6 Å². The number of ether oxygens (including phenoxy) is 2. The molecule has 0 saturated carbocycles. The van der Waals surface area contributed by atoms with Crippen LogP contribution in [-0.2, 0) is 28.2 Å². The molecule has 62 heavy (non-hydrogen) atoms. The molecule has 15 heteroatoms. The van der Waals surface area contributed by atoms with Crippen molar-refractivity contribution in [1.29, 1.82) is 0 Å². The van der Waals surface area contributed by atoms with Crippen LogP contribution >= 0.6 is 0 Å². The van der Waals surface area contributed by atoms with Crippen molar-refractivity contribution in [3.05, 3.63) is 170 Å². The monoisotopic (exact) mass is 849 g/mol. The molecule has 0 bridgehead atoms. The van der Waals surface area contributed by atoms with Crippen molar-refractivity contribution in [1.82, 2.24) is 24.8 Å². The summed E-state index contributed by atoms with van der Waals surface area (Å²) in [5.41, 5.74) is 2.86. The number of non-ortho nitro benzene ring substituents is 1. The minimum atomic E-state index is -2.54. The first-order valence-corrected chi connectivity index (χ1v) is 23.8. The normalized spacial score (nSPS) is 20.2. The zero-order valence-corrected chi connectivity index (χ0v) is 35.8. The standard InChI is InChI=1S/C47H47N7O7Si/c1-30-44(62(3,4)36-21-19-35(60-2)20-22-36)43(24-25-51-28-41(48-50-51)38(29-55)32-10-6-5-7-11-32)61-47(30)39-26-34(54(58)59)18-23-42(39)52(46(47)57)27-31-14-16-33(17-15-31)53-45(56)37-12-8-9-13-40(37)49-53/h5-23,26,28,30,38,43-44,49,55H,24-25,27,29H2,1-4H3/t30-,38?,43+,44-,47+/m1/s1. The minimum Gasteiger partial charge on any atom is -0.497 e. The van der Waals surface area contributed by atoms with E-state index >= 15 is 4.79 Å². The number of nitrogens with zero attached hydrogens (tertiary/aromatic N) is 6. The Morgan fingerprint density at radius 3 is 2.39 bits per heavy atom. The molecule has 1 amide bonds. The molecule has 1 spiro atoms. The van der Waals surface area contributed by atoms with Gasteiger partial charge in [-0.3, -0.25) is 29.5 Å². The number of aliphatic hydroxyl groups is 1. The van der Waals surface area contributed by atoms with Gasteiger partial charge in [0.15, 0.2) is 5.60 Å². The molecule has 14 nitrogen and oxygen atoms in total. The van der Waals surface area contributed by atoms with Crippen LogP contribution in [0.25, 0.3) is 16.6 Å². The molecule has 1 saturated heterocycles. The molecule has 7 aromatic rings. The van der Waals surface area contributed by atoms with E-state index in [-0.39, 0.29) is 41.8 Å². The van der Waals surface area contributed by atoms with E-state index in [4.69, 9.17) is 9.47 Å². The van der Waals surface area contributed by atoms with Gasteiger partial charge in [-0.25, -0.2) is 4.68 Å². The summed E-state index contributed by atoms with van der Waals surface area (Å²) in [5.74, 6) is -0.272. The maximum atomic E-state index is 15.4. The number of methoxy groups -OCH3 is 1. The number of carbonyl (C=O) groups excluding carboxylic acids is 1. The van der Waals surface area contributed by atoms with Crippen LogP contribution in [-0.4, -0.2) is 68.6 Å². The lowest BCUT2D eigenvalue weighted by Gasteiger charge is -2.37. The van der Waals surface area contributed by atoms with E-state index in [1.54, 1.807) is 28.8 Å². The maximum absolute atomic E-state index is 15.4. The number of para-hydroxylation sites is 1. The Morgan fingerprint density at radius 2 is 1.69 bits per heavy atom. The largest absolute Gasteiger partial charge is 0.497 e. The number of nitrogens with one attached hydrogen (secondary N) is 1. The van der Waals surface area contributed by atoms with Gasteiger partial charge in [0, 0.05) is 36.4 Å². The van der Waals surface area contributed by atoms with E-state index in [1.807, 2.05) is 91.1 Å². The number of aryl methyl sites for hydroxylation is 1. The molecule has 2 aromatic heterocycles. The summed E-state index contributed by atoms with van der Waals surface area (Å²) in [6.45, 7) is 7.10. The van der Waals surface area contributed by atoms with Gasteiger partial charge in [-0.15, -0.1) is 5.10 Å². The Labute approximate surface area is 358 Å². The van der Waals surface area contributed by atoms with Gasteiger partial charge in [-0.1, -0.05) is 97.1 Å². The molecule has 1 fully saturated rings. The number of carbonyl (C=O) groups is 1. The topological polar surface area (TPSA) is 171 Å². The van der Waals surface area contributed by atoms with Gasteiger partial charge >= 0.3 is 0 Å². The van der Waals surface area contributed by atoms with E-state index in [0.717, 1.165) is 27.6 Å². The first kappa shape index (κ1) is 40.7. The number of rotatable bonds is 13. The minimum absolute atomic E-state index is 0.125. The van der Waals surface area contributed by atoms with E-state index in [9.17, 15) is 20.0 Å². The third-order valence-electron chi connectivity index (χ3n) is 13.1. The lowest BCUT2D eigenvalue weighted by molar-refractivity contribution is -0.385. The van der Waals surface area contributed by atoms with E-state index in [1.165, 1.54) is 16.8 Å². The number of hydrogen-bond donors (Lipinski definition) is 2. The van der Waals surface area contributed by atoms with Crippen molar-refractivity contribution >= 4 is 41.4 Å². The SMILES string of the molecule is COc1ccc([Si](C)(C)[C@H]2[C@H](CCn3cc(C(CO)c4ccccc4)nn3)O[C@@]3(C(=O)N(Cc4ccc(-n5[nH]c6ccccc6c5=O)cc4)c4ccc([N+](=O)[O-])cc43)[C@@H]2C)cc1. The second kappa shape index (κ2) is 16.0. The first-order valence-electron chi connectivity index (χ1n) is 20.7. The van der Waals surface area contributed by atoms with Crippen LogP contribution < -0.4 is 20.4 Å². The average Bonchev–Trinajstić information content (AvgIpc) is 4.03. The number of fused-ring (bicyclic) bond motifs is 3. The highest BCUT2D eigenvalue weighted by Crippen LogP contribution is 2.60. The number of hydrogen-bond acceptors (Lipinski definition) is 9. The number of benzene rings is 5. The van der Waals surface area contributed by atoms with Crippen LogP contribution in [0.2, 0.25) is 18.6 Å². The van der Waals surface area contributed by atoms with Gasteiger partial charge in [-0.2, -0.15) is 0 Å². The Hall–Kier alpha value is -6.68. The van der Waals surface area contributed by atoms with Gasteiger partial charge in [0.05, 0.1) is 73.3 Å². The van der Waals surface area contributed by atoms with Crippen LogP contribution in [0.4, 0.5) is 11.4 Å². The molecular weight excluding hydrogens is 803 g/mol. The molecule has 4 heterocycles. The van der Waals surface area contributed by atoms with Crippen molar-refractivity contribution in [3.63, 3.8) is 0 Å². The summed E-state index contributed by atoms with van der Waals surface area (Å²) in [7, 11) is -0.900. The van der Waals surface area contributed by atoms with Crippen molar-refractivity contribution in [3.8, 4) is 11.4 Å². The van der Waals surface area contributed by atoms with Crippen LogP contribution in [0.5, 0.6) is 5.75 Å². The summed E-state index contributed by atoms with van der Waals surface area (Å²) in [5, 5.41) is 36.5. The second-order valence-electron chi connectivity index (χ2n) is 16.8. The van der Waals surface area contributed by atoms with Crippen LogP contribution in [0, 0.1) is 16.0 Å². The lowest BCUT2D eigenvalue weighted by Crippen LogP contribution is -2.51. The summed E-state index contributed by atoms with van der Waals surface area (Å²) >= 11 is 0. The molecule has 1 unspecified atom stereocenters. The highest BCUT2D eigenvalue weighted by Gasteiger charge is 2.66. The number of amides is 1. The summed E-state index contributed by atoms with van der Waals surface area (Å²) in [6, 6.07) is 37.2. The average molecular weight is 850 g/mol. The Bertz CT molecular complexity index is 2840. The molecule has 2 aliphatic heterocycles. The fourth-order valence-corrected chi connectivity index (χ4v) is 14.0. The zero-order valence-electron chi connectivity index (χ0n) is 34.8. The van der Waals surface area contributed by atoms with Crippen molar-refractivity contribution in [2.45, 2.75) is 62.7 Å². The second-order valence-corrected chi connectivity index (χ2v) is 21.5. The number of anilines is 1. The number of nitro benzene ring substituents is 1. The number of aliphatic hydroxyl groups excluding tert-OH is 1. The van der Waals surface area contributed by atoms with Crippen LogP contribution in [0.3, 0.4) is 0 Å². The molecule has 5 aromatic carbocycles. The van der Waals surface area contributed by atoms with Gasteiger partial charge in [0.2, 0.25) is 0 Å². The van der Waals surface area contributed by atoms with Crippen molar-refractivity contribution < 1.29 is 24.3 Å². The highest BCUT2D eigenvalue weighted by atomic mass is 28.3. The Morgan fingerprint density at radius 1 is 0.968 bits per heavy atom.